The summed E-state index contributed by atoms with van der Waals surface area (Å²) < 4.78 is 13.1. The lowest BCUT2D eigenvalue weighted by molar-refractivity contribution is 0.338. The van der Waals surface area contributed by atoms with Crippen LogP contribution in [0.15, 0.2) is 23.2 Å². The number of hydrogen-bond acceptors (Lipinski definition) is 1. The lowest BCUT2D eigenvalue weighted by Gasteiger charge is -2.27. The smallest absolute Gasteiger partial charge is 0.191 e. The molecule has 0 radical (unpaired) electrons. The Labute approximate surface area is 131 Å². The predicted molar refractivity (Wildman–Crippen MR) is 87.3 cm³/mol. The fourth-order valence-corrected chi connectivity index (χ4v) is 2.20. The average molecular weight is 377 g/mol. The van der Waals surface area contributed by atoms with Gasteiger partial charge in [-0.15, -0.1) is 24.0 Å². The number of benzene rings is 1. The van der Waals surface area contributed by atoms with E-state index in [0.29, 0.717) is 18.1 Å². The van der Waals surface area contributed by atoms with Crippen molar-refractivity contribution in [1.29, 1.82) is 0 Å². The number of nitrogens with two attached hydrogens (primary N) is 1. The highest BCUT2D eigenvalue weighted by atomic mass is 127. The molecule has 0 bridgehead atoms. The first-order chi connectivity index (χ1) is 8.66. The van der Waals surface area contributed by atoms with Crippen LogP contribution >= 0.6 is 24.0 Å². The van der Waals surface area contributed by atoms with Crippen LogP contribution in [0.5, 0.6) is 0 Å². The summed E-state index contributed by atoms with van der Waals surface area (Å²) in [6.45, 7) is 4.27. The number of piperidine rings is 1. The number of rotatable bonds is 2. The van der Waals surface area contributed by atoms with Gasteiger partial charge in [0, 0.05) is 13.1 Å². The Morgan fingerprint density at radius 3 is 2.63 bits per heavy atom. The van der Waals surface area contributed by atoms with Gasteiger partial charge in [-0.2, -0.15) is 0 Å². The first-order valence-corrected chi connectivity index (χ1v) is 6.47. The minimum Gasteiger partial charge on any atom is -0.370 e. The number of nitrogens with zero attached hydrogens (tertiary/aromatic N) is 2. The Kier molecular flexibility index (Phi) is 6.54. The molecule has 2 rings (SSSR count). The van der Waals surface area contributed by atoms with E-state index in [1.807, 2.05) is 6.07 Å². The second-order valence-corrected chi connectivity index (χ2v) is 4.81. The van der Waals surface area contributed by atoms with E-state index in [9.17, 15) is 4.39 Å². The third kappa shape index (κ3) is 4.63. The normalized spacial score (nSPS) is 16.1. The van der Waals surface area contributed by atoms with Crippen molar-refractivity contribution in [2.24, 2.45) is 10.7 Å². The molecule has 3 nitrogen and oxygen atoms in total. The van der Waals surface area contributed by atoms with Crippen molar-refractivity contribution >= 4 is 29.9 Å². The van der Waals surface area contributed by atoms with Gasteiger partial charge in [0.2, 0.25) is 0 Å². The summed E-state index contributed by atoms with van der Waals surface area (Å²) in [6.07, 6.45) is 3.65. The molecule has 1 fully saturated rings. The van der Waals surface area contributed by atoms with Gasteiger partial charge in [-0.25, -0.2) is 9.38 Å². The number of guanidine groups is 1. The second kappa shape index (κ2) is 7.67. The molecule has 19 heavy (non-hydrogen) atoms. The lowest BCUT2D eigenvalue weighted by atomic mass is 10.1. The molecule has 1 aliphatic heterocycles. The Hall–Kier alpha value is -0.850. The van der Waals surface area contributed by atoms with Gasteiger partial charge in [0.25, 0.3) is 0 Å². The van der Waals surface area contributed by atoms with Crippen molar-refractivity contribution in [1.82, 2.24) is 4.90 Å². The van der Waals surface area contributed by atoms with Crippen LogP contribution < -0.4 is 5.73 Å². The van der Waals surface area contributed by atoms with E-state index in [-0.39, 0.29) is 29.8 Å². The summed E-state index contributed by atoms with van der Waals surface area (Å²) in [4.78, 5) is 6.51. The molecular formula is C14H21FIN3. The predicted octanol–water partition coefficient (Wildman–Crippen LogP) is 3.05. The number of aryl methyl sites for hydroxylation is 1. The van der Waals surface area contributed by atoms with E-state index < -0.39 is 0 Å². The maximum atomic E-state index is 13.1. The molecule has 106 valence electrons. The quantitative estimate of drug-likeness (QED) is 0.489. The van der Waals surface area contributed by atoms with E-state index in [2.05, 4.69) is 9.89 Å². The lowest BCUT2D eigenvalue weighted by Crippen LogP contribution is -2.40. The van der Waals surface area contributed by atoms with E-state index >= 15 is 0 Å². The maximum Gasteiger partial charge on any atom is 0.191 e. The third-order valence-corrected chi connectivity index (χ3v) is 3.33. The van der Waals surface area contributed by atoms with E-state index in [0.717, 1.165) is 18.7 Å². The Morgan fingerprint density at radius 2 is 2.00 bits per heavy atom. The van der Waals surface area contributed by atoms with Crippen LogP contribution in [0.1, 0.15) is 30.4 Å². The Bertz CT molecular complexity index is 442. The fraction of sp³-hybridized carbons (Fsp3) is 0.500. The molecule has 0 aliphatic carbocycles. The van der Waals surface area contributed by atoms with Crippen molar-refractivity contribution in [2.75, 3.05) is 13.1 Å². The topological polar surface area (TPSA) is 41.6 Å². The fourth-order valence-electron chi connectivity index (χ4n) is 2.20. The highest BCUT2D eigenvalue weighted by Gasteiger charge is 2.11. The van der Waals surface area contributed by atoms with Gasteiger partial charge in [-0.3, -0.25) is 0 Å². The zero-order valence-electron chi connectivity index (χ0n) is 11.2. The van der Waals surface area contributed by atoms with Crippen LogP contribution in [-0.4, -0.2) is 23.9 Å². The van der Waals surface area contributed by atoms with E-state index in [1.54, 1.807) is 13.0 Å². The first-order valence-electron chi connectivity index (χ1n) is 6.47. The van der Waals surface area contributed by atoms with Crippen LogP contribution in [0.4, 0.5) is 4.39 Å². The van der Waals surface area contributed by atoms with Crippen LogP contribution in [0.2, 0.25) is 0 Å². The molecule has 1 saturated heterocycles. The third-order valence-electron chi connectivity index (χ3n) is 3.33. The number of hydrogen-bond donors (Lipinski definition) is 1. The van der Waals surface area contributed by atoms with Crippen molar-refractivity contribution < 1.29 is 4.39 Å². The summed E-state index contributed by atoms with van der Waals surface area (Å²) in [5.74, 6) is 0.434. The summed E-state index contributed by atoms with van der Waals surface area (Å²) in [5, 5.41) is 0. The van der Waals surface area contributed by atoms with Gasteiger partial charge in [-0.1, -0.05) is 12.1 Å². The molecule has 2 N–H and O–H groups in total. The summed E-state index contributed by atoms with van der Waals surface area (Å²) in [5.41, 5.74) is 7.61. The number of likely N-dealkylation sites (tertiary alicyclic amines) is 1. The van der Waals surface area contributed by atoms with E-state index in [4.69, 9.17) is 5.73 Å². The molecule has 5 heteroatoms. The molecule has 0 aromatic heterocycles. The molecule has 1 aromatic rings. The monoisotopic (exact) mass is 377 g/mol. The van der Waals surface area contributed by atoms with Crippen LogP contribution in [0.3, 0.4) is 0 Å². The van der Waals surface area contributed by atoms with E-state index in [1.165, 1.54) is 25.3 Å². The van der Waals surface area contributed by atoms with Crippen molar-refractivity contribution in [3.63, 3.8) is 0 Å². The van der Waals surface area contributed by atoms with Crippen molar-refractivity contribution in [3.8, 4) is 0 Å². The minimum absolute atomic E-state index is 0. The van der Waals surface area contributed by atoms with Crippen LogP contribution in [0.25, 0.3) is 0 Å². The highest BCUT2D eigenvalue weighted by molar-refractivity contribution is 14.0. The van der Waals surface area contributed by atoms with Crippen LogP contribution in [0, 0.1) is 12.7 Å². The van der Waals surface area contributed by atoms with Gasteiger partial charge < -0.3 is 10.6 Å². The molecule has 0 spiro atoms. The molecule has 0 amide bonds. The molecule has 0 saturated carbocycles. The Balaban J connectivity index is 0.00000180. The standard InChI is InChI=1S/C14H20FN3.HI/c1-11-9-12(5-6-13(11)15)10-17-14(16)18-7-3-2-4-8-18;/h5-6,9H,2-4,7-8,10H2,1H3,(H2,16,17);1H. The summed E-state index contributed by atoms with van der Waals surface area (Å²) in [6, 6.07) is 5.06. The molecule has 1 aromatic carbocycles. The first kappa shape index (κ1) is 16.2. The number of halogens is 2. The SMILES string of the molecule is Cc1cc(CN=C(N)N2CCCCC2)ccc1F.I. The van der Waals surface area contributed by atoms with Gasteiger partial charge in [-0.05, 0) is 43.4 Å². The molecule has 1 heterocycles. The molecule has 1 aliphatic rings. The molecular weight excluding hydrogens is 356 g/mol. The van der Waals surface area contributed by atoms with Crippen molar-refractivity contribution in [3.05, 3.63) is 35.1 Å². The molecule has 0 atom stereocenters. The average Bonchev–Trinajstić information content (AvgIpc) is 2.41. The summed E-state index contributed by atoms with van der Waals surface area (Å²) in [7, 11) is 0. The maximum absolute atomic E-state index is 13.1. The zero-order valence-corrected chi connectivity index (χ0v) is 13.6. The minimum atomic E-state index is -0.174. The van der Waals surface area contributed by atoms with Crippen molar-refractivity contribution in [2.45, 2.75) is 32.7 Å². The second-order valence-electron chi connectivity index (χ2n) is 4.81. The summed E-state index contributed by atoms with van der Waals surface area (Å²) >= 11 is 0. The number of aliphatic imine (C=N–C) groups is 1. The van der Waals surface area contributed by atoms with Crippen LogP contribution in [-0.2, 0) is 6.54 Å². The Morgan fingerprint density at radius 1 is 1.32 bits per heavy atom. The van der Waals surface area contributed by atoms with Gasteiger partial charge in [0.1, 0.15) is 5.82 Å². The van der Waals surface area contributed by atoms with Gasteiger partial charge in [0.05, 0.1) is 6.54 Å². The largest absolute Gasteiger partial charge is 0.370 e. The molecule has 0 unspecified atom stereocenters. The van der Waals surface area contributed by atoms with Gasteiger partial charge in [0.15, 0.2) is 5.96 Å². The van der Waals surface area contributed by atoms with Gasteiger partial charge >= 0.3 is 0 Å². The highest BCUT2D eigenvalue weighted by Crippen LogP contribution is 2.11. The zero-order chi connectivity index (χ0) is 13.0.